The number of carbonyl (C=O) groups is 2. The molecule has 0 bridgehead atoms. The Morgan fingerprint density at radius 2 is 2.08 bits per heavy atom. The number of nitrogens with zero attached hydrogens (tertiary/aromatic N) is 1. The third kappa shape index (κ3) is 4.44. The van der Waals surface area contributed by atoms with Gasteiger partial charge in [-0.25, -0.2) is 0 Å². The van der Waals surface area contributed by atoms with Crippen molar-refractivity contribution in [2.75, 3.05) is 26.8 Å². The lowest BCUT2D eigenvalue weighted by atomic mass is 10.1. The molecule has 0 atom stereocenters. The zero-order chi connectivity index (χ0) is 18.5. The Bertz CT molecular complexity index is 789. The molecule has 3 rings (SSSR count). The van der Waals surface area contributed by atoms with Crippen molar-refractivity contribution in [1.82, 2.24) is 10.2 Å². The Morgan fingerprint density at radius 3 is 2.81 bits per heavy atom. The van der Waals surface area contributed by atoms with E-state index in [1.54, 1.807) is 31.4 Å². The fourth-order valence-electron chi connectivity index (χ4n) is 2.90. The first-order chi connectivity index (χ1) is 12.6. The van der Waals surface area contributed by atoms with Gasteiger partial charge in [0.05, 0.1) is 4.88 Å². The molecule has 0 aliphatic carbocycles. The molecule has 5 nitrogen and oxygen atoms in total. The third-order valence-electron chi connectivity index (χ3n) is 4.28. The van der Waals surface area contributed by atoms with E-state index in [1.165, 1.54) is 16.2 Å². The molecule has 0 spiro atoms. The second-order valence-electron chi connectivity index (χ2n) is 6.14. The van der Waals surface area contributed by atoms with E-state index in [4.69, 9.17) is 16.3 Å². The number of carbonyl (C=O) groups excluding carboxylic acids is 2. The first kappa shape index (κ1) is 18.9. The van der Waals surface area contributed by atoms with E-state index >= 15 is 0 Å². The Morgan fingerprint density at radius 1 is 1.31 bits per heavy atom. The van der Waals surface area contributed by atoms with Gasteiger partial charge in [-0.1, -0.05) is 11.6 Å². The van der Waals surface area contributed by atoms with Crippen LogP contribution in [0.25, 0.3) is 0 Å². The molecule has 1 aliphatic rings. The van der Waals surface area contributed by atoms with E-state index in [9.17, 15) is 9.59 Å². The van der Waals surface area contributed by atoms with Gasteiger partial charge < -0.3 is 15.0 Å². The van der Waals surface area contributed by atoms with Crippen LogP contribution in [0.5, 0.6) is 0 Å². The molecule has 0 saturated heterocycles. The van der Waals surface area contributed by atoms with Crippen molar-refractivity contribution in [2.45, 2.75) is 19.4 Å². The zero-order valence-corrected chi connectivity index (χ0v) is 16.2. The normalized spacial score (nSPS) is 13.4. The maximum atomic E-state index is 12.7. The standard InChI is InChI=1S/C19H21ClN2O3S/c1-25-10-2-8-21-18(23)17-11-14-12-22(9-7-16(14)26-17)19(24)13-3-5-15(20)6-4-13/h3-6,11H,2,7-10,12H2,1H3,(H,21,23). The Balaban J connectivity index is 1.63. The molecular formula is C19H21ClN2O3S. The van der Waals surface area contributed by atoms with Crippen molar-refractivity contribution in [2.24, 2.45) is 0 Å². The van der Waals surface area contributed by atoms with Crippen LogP contribution in [0.4, 0.5) is 0 Å². The van der Waals surface area contributed by atoms with Gasteiger partial charge in [-0.2, -0.15) is 0 Å². The SMILES string of the molecule is COCCCNC(=O)c1cc2c(s1)CCN(C(=O)c1ccc(Cl)cc1)C2. The topological polar surface area (TPSA) is 58.6 Å². The lowest BCUT2D eigenvalue weighted by Crippen LogP contribution is -2.35. The third-order valence-corrected chi connectivity index (χ3v) is 5.77. The second kappa shape index (κ2) is 8.66. The van der Waals surface area contributed by atoms with E-state index in [1.807, 2.05) is 11.0 Å². The van der Waals surface area contributed by atoms with Gasteiger partial charge in [0.2, 0.25) is 0 Å². The highest BCUT2D eigenvalue weighted by atomic mass is 35.5. The first-order valence-corrected chi connectivity index (χ1v) is 9.71. The van der Waals surface area contributed by atoms with E-state index in [2.05, 4.69) is 5.32 Å². The Hall–Kier alpha value is -1.89. The monoisotopic (exact) mass is 392 g/mol. The Labute approximate surface area is 161 Å². The molecule has 138 valence electrons. The number of fused-ring (bicyclic) bond motifs is 1. The minimum absolute atomic E-state index is 0.0101. The van der Waals surface area contributed by atoms with E-state index < -0.39 is 0 Å². The number of rotatable bonds is 6. The van der Waals surface area contributed by atoms with E-state index in [0.29, 0.717) is 41.7 Å². The number of hydrogen-bond acceptors (Lipinski definition) is 4. The highest BCUT2D eigenvalue weighted by molar-refractivity contribution is 7.14. The van der Waals surface area contributed by atoms with Gasteiger partial charge >= 0.3 is 0 Å². The first-order valence-electron chi connectivity index (χ1n) is 8.52. The number of nitrogens with one attached hydrogen (secondary N) is 1. The van der Waals surface area contributed by atoms with Gasteiger partial charge in [-0.05, 0) is 48.7 Å². The van der Waals surface area contributed by atoms with Gasteiger partial charge in [0, 0.05) is 48.8 Å². The van der Waals surface area contributed by atoms with E-state index in [-0.39, 0.29) is 11.8 Å². The van der Waals surface area contributed by atoms with Crippen molar-refractivity contribution in [3.05, 3.63) is 56.2 Å². The zero-order valence-electron chi connectivity index (χ0n) is 14.6. The number of thiophene rings is 1. The average Bonchev–Trinajstić information content (AvgIpc) is 3.08. The molecule has 2 heterocycles. The van der Waals surface area contributed by atoms with Crippen LogP contribution in [0.3, 0.4) is 0 Å². The van der Waals surface area contributed by atoms with Gasteiger partial charge in [-0.3, -0.25) is 9.59 Å². The molecule has 0 unspecified atom stereocenters. The summed E-state index contributed by atoms with van der Waals surface area (Å²) in [7, 11) is 1.65. The maximum absolute atomic E-state index is 12.7. The predicted octanol–water partition coefficient (Wildman–Crippen LogP) is 3.37. The molecule has 7 heteroatoms. The molecule has 1 N–H and O–H groups in total. The number of amides is 2. The lowest BCUT2D eigenvalue weighted by Gasteiger charge is -2.27. The van der Waals surface area contributed by atoms with Crippen LogP contribution in [0.15, 0.2) is 30.3 Å². The van der Waals surface area contributed by atoms with Crippen LogP contribution in [0.1, 0.15) is 36.9 Å². The number of ether oxygens (including phenoxy) is 1. The summed E-state index contributed by atoms with van der Waals surface area (Å²) in [6, 6.07) is 8.84. The van der Waals surface area contributed by atoms with Gasteiger partial charge in [-0.15, -0.1) is 11.3 Å². The van der Waals surface area contributed by atoms with Crippen LogP contribution in [-0.4, -0.2) is 43.5 Å². The summed E-state index contributed by atoms with van der Waals surface area (Å²) in [4.78, 5) is 28.6. The fraction of sp³-hybridized carbons (Fsp3) is 0.368. The molecule has 2 aromatic rings. The van der Waals surface area contributed by atoms with Crippen LogP contribution < -0.4 is 5.32 Å². The largest absolute Gasteiger partial charge is 0.385 e. The average molecular weight is 393 g/mol. The number of hydrogen-bond donors (Lipinski definition) is 1. The summed E-state index contributed by atoms with van der Waals surface area (Å²) in [6.07, 6.45) is 1.56. The quantitative estimate of drug-likeness (QED) is 0.767. The van der Waals surface area contributed by atoms with Crippen LogP contribution in [0, 0.1) is 0 Å². The summed E-state index contributed by atoms with van der Waals surface area (Å²) in [5.74, 6) is -0.0693. The van der Waals surface area contributed by atoms with Crippen LogP contribution in [-0.2, 0) is 17.7 Å². The highest BCUT2D eigenvalue weighted by Crippen LogP contribution is 2.29. The van der Waals surface area contributed by atoms with Gasteiger partial charge in [0.1, 0.15) is 0 Å². The predicted molar refractivity (Wildman–Crippen MR) is 103 cm³/mol. The number of benzene rings is 1. The van der Waals surface area contributed by atoms with Gasteiger partial charge in [0.25, 0.3) is 11.8 Å². The summed E-state index contributed by atoms with van der Waals surface area (Å²) in [6.45, 7) is 2.41. The molecule has 1 aromatic heterocycles. The summed E-state index contributed by atoms with van der Waals surface area (Å²) < 4.78 is 4.98. The fourth-order valence-corrected chi connectivity index (χ4v) is 4.10. The number of halogens is 1. The van der Waals surface area contributed by atoms with Crippen molar-refractivity contribution in [1.29, 1.82) is 0 Å². The molecule has 0 saturated carbocycles. The molecular weight excluding hydrogens is 372 g/mol. The minimum Gasteiger partial charge on any atom is -0.385 e. The van der Waals surface area contributed by atoms with Crippen molar-refractivity contribution in [3.63, 3.8) is 0 Å². The van der Waals surface area contributed by atoms with Crippen molar-refractivity contribution in [3.8, 4) is 0 Å². The lowest BCUT2D eigenvalue weighted by molar-refractivity contribution is 0.0736. The minimum atomic E-state index is -0.0592. The Kier molecular flexibility index (Phi) is 6.29. The molecule has 0 fully saturated rings. The summed E-state index contributed by atoms with van der Waals surface area (Å²) >= 11 is 7.41. The second-order valence-corrected chi connectivity index (χ2v) is 7.72. The molecule has 26 heavy (non-hydrogen) atoms. The molecule has 1 aliphatic heterocycles. The maximum Gasteiger partial charge on any atom is 0.261 e. The molecule has 0 radical (unpaired) electrons. The molecule has 1 aromatic carbocycles. The highest BCUT2D eigenvalue weighted by Gasteiger charge is 2.25. The summed E-state index contributed by atoms with van der Waals surface area (Å²) in [5.41, 5.74) is 1.69. The van der Waals surface area contributed by atoms with E-state index in [0.717, 1.165) is 18.4 Å². The molecule has 2 amide bonds. The van der Waals surface area contributed by atoms with Crippen molar-refractivity contribution < 1.29 is 14.3 Å². The number of methoxy groups -OCH3 is 1. The van der Waals surface area contributed by atoms with Crippen LogP contribution >= 0.6 is 22.9 Å². The van der Waals surface area contributed by atoms with Crippen molar-refractivity contribution >= 4 is 34.8 Å². The smallest absolute Gasteiger partial charge is 0.261 e. The van der Waals surface area contributed by atoms with Crippen LogP contribution in [0.2, 0.25) is 5.02 Å². The summed E-state index contributed by atoms with van der Waals surface area (Å²) in [5, 5.41) is 3.52. The van der Waals surface area contributed by atoms with Gasteiger partial charge in [0.15, 0.2) is 0 Å².